The number of benzene rings is 1. The summed E-state index contributed by atoms with van der Waals surface area (Å²) in [6.07, 6.45) is 1.80. The Bertz CT molecular complexity index is 589. The van der Waals surface area contributed by atoms with Gasteiger partial charge < -0.3 is 15.0 Å². The molecule has 0 unspecified atom stereocenters. The average Bonchev–Trinajstić information content (AvgIpc) is 2.48. The predicted molar refractivity (Wildman–Crippen MR) is 64.8 cm³/mol. The van der Waals surface area contributed by atoms with Crippen molar-refractivity contribution in [2.75, 3.05) is 13.1 Å². The normalized spacial score (nSPS) is 15.9. The van der Waals surface area contributed by atoms with Crippen LogP contribution < -0.4 is 5.32 Å². The smallest absolute Gasteiger partial charge is 0.129 e. The zero-order valence-corrected chi connectivity index (χ0v) is 9.76. The van der Waals surface area contributed by atoms with Crippen molar-refractivity contribution in [3.8, 4) is 5.75 Å². The first kappa shape index (κ1) is 10.6. The van der Waals surface area contributed by atoms with Gasteiger partial charge in [0.2, 0.25) is 0 Å². The maximum atomic E-state index is 13.3. The van der Waals surface area contributed by atoms with Gasteiger partial charge in [-0.2, -0.15) is 0 Å². The van der Waals surface area contributed by atoms with E-state index in [2.05, 4.69) is 5.32 Å². The number of nitrogens with one attached hydrogen (secondary N) is 1. The minimum absolute atomic E-state index is 0.0544. The van der Waals surface area contributed by atoms with Gasteiger partial charge in [0, 0.05) is 37.2 Å². The molecule has 3 rings (SSSR count). The van der Waals surface area contributed by atoms with Crippen molar-refractivity contribution in [2.24, 2.45) is 7.05 Å². The minimum atomic E-state index is -0.385. The van der Waals surface area contributed by atoms with E-state index in [1.807, 2.05) is 11.6 Å². The van der Waals surface area contributed by atoms with Gasteiger partial charge in [-0.05, 0) is 24.6 Å². The number of phenolic OH excluding ortho intramolecular Hbond substituents is 1. The van der Waals surface area contributed by atoms with Crippen LogP contribution >= 0.6 is 0 Å². The van der Waals surface area contributed by atoms with Gasteiger partial charge in [-0.15, -0.1) is 0 Å². The van der Waals surface area contributed by atoms with Crippen LogP contribution in [0.2, 0.25) is 0 Å². The Labute approximate surface area is 98.9 Å². The van der Waals surface area contributed by atoms with Gasteiger partial charge in [0.15, 0.2) is 0 Å². The van der Waals surface area contributed by atoms with Crippen molar-refractivity contribution >= 4 is 10.9 Å². The molecule has 1 aromatic carbocycles. The van der Waals surface area contributed by atoms with Gasteiger partial charge in [0.05, 0.1) is 5.52 Å². The van der Waals surface area contributed by atoms with Crippen LogP contribution in [0.3, 0.4) is 0 Å². The van der Waals surface area contributed by atoms with Crippen LogP contribution in [0.15, 0.2) is 12.1 Å². The van der Waals surface area contributed by atoms with Crippen molar-refractivity contribution < 1.29 is 9.50 Å². The van der Waals surface area contributed by atoms with E-state index in [-0.39, 0.29) is 11.6 Å². The van der Waals surface area contributed by atoms with Gasteiger partial charge in [-0.25, -0.2) is 4.39 Å². The summed E-state index contributed by atoms with van der Waals surface area (Å²) in [5.41, 5.74) is 3.14. The molecule has 0 saturated heterocycles. The third kappa shape index (κ3) is 1.52. The van der Waals surface area contributed by atoms with Gasteiger partial charge in [0.1, 0.15) is 11.6 Å². The maximum absolute atomic E-state index is 13.3. The molecule has 2 aromatic rings. The zero-order valence-electron chi connectivity index (χ0n) is 9.76. The number of fused-ring (bicyclic) bond motifs is 3. The Kier molecular flexibility index (Phi) is 2.33. The lowest BCUT2D eigenvalue weighted by Crippen LogP contribution is -2.17. The van der Waals surface area contributed by atoms with E-state index in [1.165, 1.54) is 17.8 Å². The van der Waals surface area contributed by atoms with Crippen LogP contribution in [0.5, 0.6) is 5.75 Å². The largest absolute Gasteiger partial charge is 0.507 e. The number of rotatable bonds is 0. The number of aromatic hydroxyl groups is 1. The Morgan fingerprint density at radius 1 is 1.29 bits per heavy atom. The van der Waals surface area contributed by atoms with E-state index in [0.29, 0.717) is 0 Å². The molecule has 1 aliphatic rings. The lowest BCUT2D eigenvalue weighted by molar-refractivity contribution is 0.475. The molecule has 0 bridgehead atoms. The molecule has 1 aromatic heterocycles. The summed E-state index contributed by atoms with van der Waals surface area (Å²) in [4.78, 5) is 0. The summed E-state index contributed by atoms with van der Waals surface area (Å²) in [6, 6.07) is 2.69. The second-order valence-corrected chi connectivity index (χ2v) is 4.55. The van der Waals surface area contributed by atoms with Crippen molar-refractivity contribution in [3.63, 3.8) is 0 Å². The number of hydrogen-bond acceptors (Lipinski definition) is 2. The SMILES string of the molecule is Cn1c2c(c3c(O)cc(F)cc31)CCNCC2. The average molecular weight is 234 g/mol. The predicted octanol–water partition coefficient (Wildman–Crippen LogP) is 1.71. The molecule has 0 amide bonds. The summed E-state index contributed by atoms with van der Waals surface area (Å²) in [5, 5.41) is 14.1. The van der Waals surface area contributed by atoms with E-state index in [1.54, 1.807) is 0 Å². The fraction of sp³-hybridized carbons (Fsp3) is 0.385. The molecule has 0 atom stereocenters. The van der Waals surface area contributed by atoms with Gasteiger partial charge in [-0.3, -0.25) is 0 Å². The third-order valence-corrected chi connectivity index (χ3v) is 3.57. The number of halogens is 1. The summed E-state index contributed by atoms with van der Waals surface area (Å²) in [6.45, 7) is 1.84. The van der Waals surface area contributed by atoms with E-state index in [0.717, 1.165) is 42.4 Å². The molecule has 0 spiro atoms. The minimum Gasteiger partial charge on any atom is -0.507 e. The quantitative estimate of drug-likeness (QED) is 0.728. The molecule has 4 heteroatoms. The third-order valence-electron chi connectivity index (χ3n) is 3.57. The van der Waals surface area contributed by atoms with Crippen molar-refractivity contribution in [3.05, 3.63) is 29.2 Å². The number of phenols is 1. The Hall–Kier alpha value is -1.55. The molecule has 17 heavy (non-hydrogen) atoms. The molecule has 0 radical (unpaired) electrons. The summed E-state index contributed by atoms with van der Waals surface area (Å²) in [7, 11) is 1.94. The Balaban J connectivity index is 2.37. The van der Waals surface area contributed by atoms with Gasteiger partial charge >= 0.3 is 0 Å². The standard InChI is InChI=1S/C13H15FN2O/c1-16-10-3-5-15-4-2-9(10)13-11(16)6-8(14)7-12(13)17/h6-7,15,17H,2-5H2,1H3. The summed E-state index contributed by atoms with van der Waals surface area (Å²) in [5.74, 6) is -0.331. The zero-order chi connectivity index (χ0) is 12.0. The molecular weight excluding hydrogens is 219 g/mol. The second kappa shape index (κ2) is 3.74. The highest BCUT2D eigenvalue weighted by atomic mass is 19.1. The number of aromatic nitrogens is 1. The fourth-order valence-corrected chi connectivity index (χ4v) is 2.78. The molecule has 2 N–H and O–H groups in total. The molecule has 1 aliphatic heterocycles. The monoisotopic (exact) mass is 234 g/mol. The lowest BCUT2D eigenvalue weighted by atomic mass is 10.1. The van der Waals surface area contributed by atoms with Crippen LogP contribution in [0, 0.1) is 5.82 Å². The molecule has 2 heterocycles. The first-order valence-corrected chi connectivity index (χ1v) is 5.88. The molecule has 3 nitrogen and oxygen atoms in total. The van der Waals surface area contributed by atoms with Gasteiger partial charge in [-0.1, -0.05) is 0 Å². The Morgan fingerprint density at radius 3 is 2.88 bits per heavy atom. The van der Waals surface area contributed by atoms with E-state index in [9.17, 15) is 9.50 Å². The highest BCUT2D eigenvalue weighted by Crippen LogP contribution is 2.34. The van der Waals surface area contributed by atoms with Crippen LogP contribution in [-0.4, -0.2) is 22.8 Å². The maximum Gasteiger partial charge on any atom is 0.129 e. The van der Waals surface area contributed by atoms with E-state index in [4.69, 9.17) is 0 Å². The number of hydrogen-bond donors (Lipinski definition) is 2. The second-order valence-electron chi connectivity index (χ2n) is 4.55. The molecular formula is C13H15FN2O. The highest BCUT2D eigenvalue weighted by Gasteiger charge is 2.19. The van der Waals surface area contributed by atoms with Crippen molar-refractivity contribution in [2.45, 2.75) is 12.8 Å². The molecule has 0 saturated carbocycles. The van der Waals surface area contributed by atoms with Crippen LogP contribution in [0.1, 0.15) is 11.3 Å². The van der Waals surface area contributed by atoms with Crippen molar-refractivity contribution in [1.82, 2.24) is 9.88 Å². The van der Waals surface area contributed by atoms with Crippen LogP contribution in [0.4, 0.5) is 4.39 Å². The topological polar surface area (TPSA) is 37.2 Å². The first-order valence-electron chi connectivity index (χ1n) is 5.88. The van der Waals surface area contributed by atoms with E-state index >= 15 is 0 Å². The summed E-state index contributed by atoms with van der Waals surface area (Å²) < 4.78 is 15.3. The molecule has 0 fully saturated rings. The highest BCUT2D eigenvalue weighted by molar-refractivity contribution is 5.91. The van der Waals surface area contributed by atoms with Crippen LogP contribution in [0.25, 0.3) is 10.9 Å². The van der Waals surface area contributed by atoms with E-state index < -0.39 is 0 Å². The molecule has 90 valence electrons. The molecule has 0 aliphatic carbocycles. The Morgan fingerprint density at radius 2 is 2.06 bits per heavy atom. The lowest BCUT2D eigenvalue weighted by Gasteiger charge is -2.03. The fourth-order valence-electron chi connectivity index (χ4n) is 2.78. The number of aryl methyl sites for hydroxylation is 1. The van der Waals surface area contributed by atoms with Gasteiger partial charge in [0.25, 0.3) is 0 Å². The number of nitrogens with zero attached hydrogens (tertiary/aromatic N) is 1. The van der Waals surface area contributed by atoms with Crippen molar-refractivity contribution in [1.29, 1.82) is 0 Å². The first-order chi connectivity index (χ1) is 8.18. The summed E-state index contributed by atoms with van der Waals surface area (Å²) >= 11 is 0. The van der Waals surface area contributed by atoms with Crippen LogP contribution in [-0.2, 0) is 19.9 Å².